The van der Waals surface area contributed by atoms with Gasteiger partial charge in [0.25, 0.3) is 5.91 Å². The molecule has 0 saturated heterocycles. The summed E-state index contributed by atoms with van der Waals surface area (Å²) < 4.78 is 0. The SMILES string of the molecule is CCCCN1N=C(CC)C(CCN)C1=O. The normalized spacial score (nSPS) is 21.0. The van der Waals surface area contributed by atoms with Crippen molar-refractivity contribution in [3.8, 4) is 0 Å². The van der Waals surface area contributed by atoms with E-state index in [1.54, 1.807) is 5.01 Å². The number of carbonyl (C=O) groups excluding carboxylic acids is 1. The van der Waals surface area contributed by atoms with Crippen molar-refractivity contribution in [3.63, 3.8) is 0 Å². The minimum atomic E-state index is -0.0446. The van der Waals surface area contributed by atoms with Gasteiger partial charge in [-0.25, -0.2) is 5.01 Å². The van der Waals surface area contributed by atoms with Crippen molar-refractivity contribution in [2.24, 2.45) is 16.8 Å². The number of carbonyl (C=O) groups is 1. The third-order valence-electron chi connectivity index (χ3n) is 2.74. The van der Waals surface area contributed by atoms with E-state index in [0.29, 0.717) is 6.54 Å². The number of amides is 1. The van der Waals surface area contributed by atoms with Crippen molar-refractivity contribution in [2.75, 3.05) is 13.1 Å². The number of nitrogens with zero attached hydrogens (tertiary/aromatic N) is 2. The van der Waals surface area contributed by atoms with Crippen LogP contribution in [0.4, 0.5) is 0 Å². The Morgan fingerprint density at radius 1 is 1.47 bits per heavy atom. The fourth-order valence-electron chi connectivity index (χ4n) is 1.84. The van der Waals surface area contributed by atoms with Gasteiger partial charge in [-0.3, -0.25) is 4.79 Å². The van der Waals surface area contributed by atoms with Crippen LogP contribution in [0.5, 0.6) is 0 Å². The lowest BCUT2D eigenvalue weighted by Crippen LogP contribution is -2.29. The summed E-state index contributed by atoms with van der Waals surface area (Å²) in [5, 5.41) is 6.00. The summed E-state index contributed by atoms with van der Waals surface area (Å²) in [6.07, 6.45) is 3.68. The molecule has 0 aliphatic carbocycles. The zero-order valence-corrected chi connectivity index (χ0v) is 9.70. The van der Waals surface area contributed by atoms with Gasteiger partial charge < -0.3 is 5.73 Å². The third kappa shape index (κ3) is 2.78. The number of nitrogens with two attached hydrogens (primary N) is 1. The summed E-state index contributed by atoms with van der Waals surface area (Å²) >= 11 is 0. The lowest BCUT2D eigenvalue weighted by Gasteiger charge is -2.13. The van der Waals surface area contributed by atoms with Gasteiger partial charge in [-0.2, -0.15) is 5.10 Å². The largest absolute Gasteiger partial charge is 0.330 e. The van der Waals surface area contributed by atoms with E-state index >= 15 is 0 Å². The van der Waals surface area contributed by atoms with E-state index in [4.69, 9.17) is 5.73 Å². The second kappa shape index (κ2) is 5.85. The predicted molar refractivity (Wildman–Crippen MR) is 61.5 cm³/mol. The Balaban J connectivity index is 2.62. The highest BCUT2D eigenvalue weighted by atomic mass is 16.2. The van der Waals surface area contributed by atoms with Gasteiger partial charge in [0.1, 0.15) is 0 Å². The minimum Gasteiger partial charge on any atom is -0.330 e. The van der Waals surface area contributed by atoms with Crippen LogP contribution < -0.4 is 5.73 Å². The average molecular weight is 211 g/mol. The number of hydrazone groups is 1. The van der Waals surface area contributed by atoms with Gasteiger partial charge in [-0.15, -0.1) is 0 Å². The molecule has 0 saturated carbocycles. The van der Waals surface area contributed by atoms with Gasteiger partial charge in [0.2, 0.25) is 0 Å². The lowest BCUT2D eigenvalue weighted by atomic mass is 9.98. The molecule has 1 amide bonds. The van der Waals surface area contributed by atoms with E-state index in [2.05, 4.69) is 12.0 Å². The highest BCUT2D eigenvalue weighted by Crippen LogP contribution is 2.20. The van der Waals surface area contributed by atoms with Crippen LogP contribution in [0.1, 0.15) is 39.5 Å². The molecule has 0 radical (unpaired) electrons. The Bertz CT molecular complexity index is 250. The molecule has 0 aromatic rings. The molecule has 4 nitrogen and oxygen atoms in total. The zero-order chi connectivity index (χ0) is 11.3. The molecule has 0 spiro atoms. The number of rotatable bonds is 6. The fourth-order valence-corrected chi connectivity index (χ4v) is 1.84. The number of hydrogen-bond donors (Lipinski definition) is 1. The molecular weight excluding hydrogens is 190 g/mol. The summed E-state index contributed by atoms with van der Waals surface area (Å²) in [6.45, 7) is 5.46. The van der Waals surface area contributed by atoms with Gasteiger partial charge in [-0.1, -0.05) is 20.3 Å². The van der Waals surface area contributed by atoms with Crippen LogP contribution >= 0.6 is 0 Å². The Morgan fingerprint density at radius 3 is 2.73 bits per heavy atom. The van der Waals surface area contributed by atoms with Gasteiger partial charge in [0, 0.05) is 6.54 Å². The minimum absolute atomic E-state index is 0.0446. The van der Waals surface area contributed by atoms with Crippen LogP contribution in [-0.4, -0.2) is 29.7 Å². The first kappa shape index (κ1) is 12.2. The molecule has 86 valence electrons. The second-order valence-electron chi connectivity index (χ2n) is 3.89. The molecule has 0 bridgehead atoms. The van der Waals surface area contributed by atoms with Gasteiger partial charge >= 0.3 is 0 Å². The molecule has 1 aliphatic heterocycles. The number of unbranched alkanes of at least 4 members (excludes halogenated alkanes) is 1. The summed E-state index contributed by atoms with van der Waals surface area (Å²) in [5.41, 5.74) is 6.51. The summed E-state index contributed by atoms with van der Waals surface area (Å²) in [7, 11) is 0. The third-order valence-corrected chi connectivity index (χ3v) is 2.74. The molecule has 15 heavy (non-hydrogen) atoms. The van der Waals surface area contributed by atoms with E-state index in [-0.39, 0.29) is 11.8 Å². The molecule has 1 unspecified atom stereocenters. The highest BCUT2D eigenvalue weighted by Gasteiger charge is 2.33. The second-order valence-corrected chi connectivity index (χ2v) is 3.89. The van der Waals surface area contributed by atoms with Gasteiger partial charge in [0.15, 0.2) is 0 Å². The molecule has 4 heteroatoms. The summed E-state index contributed by atoms with van der Waals surface area (Å²) in [6, 6.07) is 0. The van der Waals surface area contributed by atoms with E-state index in [1.807, 2.05) is 6.92 Å². The Kier molecular flexibility index (Phi) is 4.75. The molecule has 1 heterocycles. The molecule has 2 N–H and O–H groups in total. The standard InChI is InChI=1S/C11H21N3O/c1-3-5-8-14-11(15)9(6-7-12)10(4-2)13-14/h9H,3-8,12H2,1-2H3. The van der Waals surface area contributed by atoms with Crippen LogP contribution in [0.25, 0.3) is 0 Å². The molecule has 1 atom stereocenters. The van der Waals surface area contributed by atoms with Crippen LogP contribution in [0.2, 0.25) is 0 Å². The zero-order valence-electron chi connectivity index (χ0n) is 9.70. The van der Waals surface area contributed by atoms with Gasteiger partial charge in [0.05, 0.1) is 11.6 Å². The molecule has 1 aliphatic rings. The first-order valence-corrected chi connectivity index (χ1v) is 5.83. The van der Waals surface area contributed by atoms with Crippen molar-refractivity contribution >= 4 is 11.6 Å². The van der Waals surface area contributed by atoms with E-state index in [0.717, 1.165) is 37.9 Å². The predicted octanol–water partition coefficient (Wildman–Crippen LogP) is 1.36. The summed E-state index contributed by atoms with van der Waals surface area (Å²) in [5.74, 6) is 0.0996. The maximum absolute atomic E-state index is 11.9. The van der Waals surface area contributed by atoms with Crippen molar-refractivity contribution in [2.45, 2.75) is 39.5 Å². The Hall–Kier alpha value is -0.900. The quantitative estimate of drug-likeness (QED) is 0.721. The van der Waals surface area contributed by atoms with Crippen LogP contribution in [0, 0.1) is 5.92 Å². The topological polar surface area (TPSA) is 58.7 Å². The van der Waals surface area contributed by atoms with Crippen molar-refractivity contribution in [3.05, 3.63) is 0 Å². The van der Waals surface area contributed by atoms with Crippen LogP contribution in [0.3, 0.4) is 0 Å². The molecule has 0 aromatic heterocycles. The molecule has 1 rings (SSSR count). The smallest absolute Gasteiger partial charge is 0.251 e. The Labute approximate surface area is 91.5 Å². The first-order chi connectivity index (χ1) is 7.24. The fraction of sp³-hybridized carbons (Fsp3) is 0.818. The van der Waals surface area contributed by atoms with E-state index < -0.39 is 0 Å². The Morgan fingerprint density at radius 2 is 2.20 bits per heavy atom. The lowest BCUT2D eigenvalue weighted by molar-refractivity contribution is -0.131. The molecule has 0 fully saturated rings. The monoisotopic (exact) mass is 211 g/mol. The van der Waals surface area contributed by atoms with E-state index in [9.17, 15) is 4.79 Å². The average Bonchev–Trinajstić information content (AvgIpc) is 2.54. The van der Waals surface area contributed by atoms with E-state index in [1.165, 1.54) is 0 Å². The van der Waals surface area contributed by atoms with Crippen LogP contribution in [-0.2, 0) is 4.79 Å². The number of hydrogen-bond acceptors (Lipinski definition) is 3. The summed E-state index contributed by atoms with van der Waals surface area (Å²) in [4.78, 5) is 11.9. The van der Waals surface area contributed by atoms with Crippen molar-refractivity contribution in [1.29, 1.82) is 0 Å². The molecule has 0 aromatic carbocycles. The van der Waals surface area contributed by atoms with Gasteiger partial charge in [-0.05, 0) is 25.8 Å². The molecular formula is C11H21N3O. The van der Waals surface area contributed by atoms with Crippen molar-refractivity contribution in [1.82, 2.24) is 5.01 Å². The maximum Gasteiger partial charge on any atom is 0.251 e. The first-order valence-electron chi connectivity index (χ1n) is 5.83. The maximum atomic E-state index is 11.9. The van der Waals surface area contributed by atoms with Crippen LogP contribution in [0.15, 0.2) is 5.10 Å². The van der Waals surface area contributed by atoms with Crippen molar-refractivity contribution < 1.29 is 4.79 Å². The highest BCUT2D eigenvalue weighted by molar-refractivity contribution is 6.07.